The monoisotopic (exact) mass is 242 g/mol. The first kappa shape index (κ1) is 6.41. The van der Waals surface area contributed by atoms with Gasteiger partial charge < -0.3 is 4.74 Å². The van der Waals surface area contributed by atoms with Crippen molar-refractivity contribution < 1.29 is 9.53 Å². The molecule has 0 spiro atoms. The van der Waals surface area contributed by atoms with Crippen molar-refractivity contribution in [2.24, 2.45) is 0 Å². The fraction of sp³-hybridized carbons (Fsp3) is 0.500. The number of carbonyl (C=O) groups is 1. The van der Waals surface area contributed by atoms with Crippen molar-refractivity contribution in [2.75, 3.05) is 0 Å². The number of rotatable bonds is 0. The van der Waals surface area contributed by atoms with Gasteiger partial charge in [-0.15, -0.1) is 0 Å². The summed E-state index contributed by atoms with van der Waals surface area (Å²) in [6.07, 6.45) is 0.322. The minimum Gasteiger partial charge on any atom is -0.446 e. The zero-order valence-electron chi connectivity index (χ0n) is 3.89. The van der Waals surface area contributed by atoms with Crippen LogP contribution in [-0.4, -0.2) is 14.9 Å². The number of hydrogen-bond donors (Lipinski definition) is 0. The van der Waals surface area contributed by atoms with Gasteiger partial charge in [-0.25, -0.2) is 0 Å². The number of cyclic esters (lactones) is 1. The van der Waals surface area contributed by atoms with Crippen LogP contribution in [-0.2, 0) is 9.53 Å². The van der Waals surface area contributed by atoms with Crippen molar-refractivity contribution in [1.82, 2.24) is 0 Å². The van der Waals surface area contributed by atoms with Crippen molar-refractivity contribution in [1.29, 1.82) is 0 Å². The van der Waals surface area contributed by atoms with Crippen molar-refractivity contribution in [3.63, 3.8) is 0 Å². The highest BCUT2D eigenvalue weighted by Gasteiger charge is 2.25. The van der Waals surface area contributed by atoms with Crippen LogP contribution in [0.4, 0.5) is 0 Å². The van der Waals surface area contributed by atoms with E-state index in [4.69, 9.17) is 12.2 Å². The van der Waals surface area contributed by atoms with Crippen LogP contribution in [0.3, 0.4) is 0 Å². The summed E-state index contributed by atoms with van der Waals surface area (Å²) < 4.78 is 4.52. The molecule has 1 rings (SSSR count). The van der Waals surface area contributed by atoms with Gasteiger partial charge in [0.05, 0.1) is 11.3 Å². The molecule has 0 aliphatic carbocycles. The summed E-state index contributed by atoms with van der Waals surface area (Å²) in [7, 11) is 0. The third kappa shape index (κ3) is 1.17. The van der Waals surface area contributed by atoms with E-state index < -0.39 is 0 Å². The van der Waals surface area contributed by atoms with Gasteiger partial charge in [0.15, 0.2) is 4.11 Å². The molecule has 1 atom stereocenters. The Balaban J connectivity index is 2.64. The zero-order chi connectivity index (χ0) is 6.15. The fourth-order valence-electron chi connectivity index (χ4n) is 0.445. The highest BCUT2D eigenvalue weighted by Crippen LogP contribution is 2.16. The highest BCUT2D eigenvalue weighted by atomic mass is 127. The standard InChI is InChI=1S/C4H3IO2S/c5-4-2(8)1-3(6)7-4/h4H,1H2. The zero-order valence-corrected chi connectivity index (χ0v) is 6.86. The maximum absolute atomic E-state index is 10.3. The molecule has 0 aromatic heterocycles. The molecule has 44 valence electrons. The molecular formula is C4H3IO2S. The lowest BCUT2D eigenvalue weighted by Gasteiger charge is -1.94. The first-order valence-corrected chi connectivity index (χ1v) is 3.72. The molecule has 0 amide bonds. The van der Waals surface area contributed by atoms with Crippen LogP contribution in [0, 0.1) is 0 Å². The Bertz CT molecular complexity index is 145. The molecule has 8 heavy (non-hydrogen) atoms. The van der Waals surface area contributed by atoms with Crippen molar-refractivity contribution >= 4 is 45.6 Å². The molecule has 2 nitrogen and oxygen atoms in total. The molecule has 0 N–H and O–H groups in total. The van der Waals surface area contributed by atoms with Crippen LogP contribution in [0.15, 0.2) is 0 Å². The lowest BCUT2D eigenvalue weighted by atomic mass is 10.4. The summed E-state index contributed by atoms with van der Waals surface area (Å²) in [5.74, 6) is -0.200. The van der Waals surface area contributed by atoms with Crippen LogP contribution >= 0.6 is 34.8 Å². The van der Waals surface area contributed by atoms with E-state index in [1.165, 1.54) is 0 Å². The number of thiocarbonyl (C=S) groups is 1. The fourth-order valence-corrected chi connectivity index (χ4v) is 1.12. The molecule has 0 bridgehead atoms. The summed E-state index contributed by atoms with van der Waals surface area (Å²) in [5, 5.41) is 0. The summed E-state index contributed by atoms with van der Waals surface area (Å²) in [6.45, 7) is 0. The van der Waals surface area contributed by atoms with Gasteiger partial charge in [-0.2, -0.15) is 0 Å². The van der Waals surface area contributed by atoms with Gasteiger partial charge in [0.25, 0.3) is 0 Å². The van der Waals surface area contributed by atoms with E-state index in [0.29, 0.717) is 11.3 Å². The summed E-state index contributed by atoms with van der Waals surface area (Å²) >= 11 is 6.75. The van der Waals surface area contributed by atoms with Crippen molar-refractivity contribution in [2.45, 2.75) is 10.5 Å². The first-order chi connectivity index (χ1) is 3.70. The molecule has 1 aliphatic rings. The molecule has 4 heteroatoms. The molecule has 0 aromatic rings. The van der Waals surface area contributed by atoms with Gasteiger partial charge in [-0.3, -0.25) is 4.79 Å². The quantitative estimate of drug-likeness (QED) is 0.275. The number of esters is 1. The predicted molar refractivity (Wildman–Crippen MR) is 41.1 cm³/mol. The van der Waals surface area contributed by atoms with E-state index in [1.807, 2.05) is 22.6 Å². The van der Waals surface area contributed by atoms with Crippen molar-refractivity contribution in [3.05, 3.63) is 0 Å². The van der Waals surface area contributed by atoms with E-state index in [9.17, 15) is 4.79 Å². The van der Waals surface area contributed by atoms with Gasteiger partial charge in [-0.1, -0.05) is 12.2 Å². The number of alkyl halides is 1. The number of carbonyl (C=O) groups excluding carboxylic acids is 1. The first-order valence-electron chi connectivity index (χ1n) is 2.06. The Morgan fingerprint density at radius 2 is 2.50 bits per heavy atom. The topological polar surface area (TPSA) is 26.3 Å². The molecule has 1 heterocycles. The number of hydrogen-bond acceptors (Lipinski definition) is 3. The normalized spacial score (nSPS) is 28.4. The van der Waals surface area contributed by atoms with Gasteiger partial charge in [-0.05, 0) is 22.6 Å². The Kier molecular flexibility index (Phi) is 1.81. The van der Waals surface area contributed by atoms with E-state index in [1.54, 1.807) is 0 Å². The predicted octanol–water partition coefficient (Wildman–Crippen LogP) is 1.06. The number of halogens is 1. The van der Waals surface area contributed by atoms with Crippen molar-refractivity contribution in [3.8, 4) is 0 Å². The smallest absolute Gasteiger partial charge is 0.312 e. The second-order valence-corrected chi connectivity index (χ2v) is 3.10. The molecule has 0 aromatic carbocycles. The number of ether oxygens (including phenoxy) is 1. The van der Waals surface area contributed by atoms with E-state index in [0.717, 1.165) is 0 Å². The molecule has 0 saturated carbocycles. The molecule has 1 unspecified atom stereocenters. The Morgan fingerprint density at radius 3 is 2.62 bits per heavy atom. The molecular weight excluding hydrogens is 239 g/mol. The summed E-state index contributed by atoms with van der Waals surface area (Å²) in [5.41, 5.74) is 0. The van der Waals surface area contributed by atoms with Gasteiger partial charge in [0, 0.05) is 0 Å². The SMILES string of the molecule is O=C1CC(=S)C(I)O1. The minimum atomic E-state index is -0.200. The van der Waals surface area contributed by atoms with Gasteiger partial charge >= 0.3 is 5.97 Å². The molecule has 1 aliphatic heterocycles. The third-order valence-corrected chi connectivity index (χ3v) is 2.59. The lowest BCUT2D eigenvalue weighted by Crippen LogP contribution is -2.01. The van der Waals surface area contributed by atoms with Gasteiger partial charge in [0.1, 0.15) is 0 Å². The molecule has 0 radical (unpaired) electrons. The second kappa shape index (κ2) is 2.26. The maximum atomic E-state index is 10.3. The summed E-state index contributed by atoms with van der Waals surface area (Å²) in [6, 6.07) is 0. The maximum Gasteiger partial charge on any atom is 0.312 e. The molecule has 1 fully saturated rings. The summed E-state index contributed by atoms with van der Waals surface area (Å²) in [4.78, 5) is 11.1. The largest absolute Gasteiger partial charge is 0.446 e. The Labute approximate surface area is 65.7 Å². The Morgan fingerprint density at radius 1 is 1.88 bits per heavy atom. The lowest BCUT2D eigenvalue weighted by molar-refractivity contribution is -0.138. The third-order valence-electron chi connectivity index (χ3n) is 0.807. The Hall–Kier alpha value is 0.290. The average Bonchev–Trinajstić information content (AvgIpc) is 1.85. The van der Waals surface area contributed by atoms with Crippen LogP contribution in [0.2, 0.25) is 0 Å². The van der Waals surface area contributed by atoms with Crippen LogP contribution in [0.1, 0.15) is 6.42 Å². The van der Waals surface area contributed by atoms with Crippen LogP contribution in [0.25, 0.3) is 0 Å². The highest BCUT2D eigenvalue weighted by molar-refractivity contribution is 14.1. The molecule has 1 saturated heterocycles. The second-order valence-electron chi connectivity index (χ2n) is 1.45. The van der Waals surface area contributed by atoms with E-state index >= 15 is 0 Å². The van der Waals surface area contributed by atoms with E-state index in [2.05, 4.69) is 4.74 Å². The van der Waals surface area contributed by atoms with Gasteiger partial charge in [0.2, 0.25) is 0 Å². The van der Waals surface area contributed by atoms with Crippen LogP contribution in [0.5, 0.6) is 0 Å². The minimum absolute atomic E-state index is 0.157. The van der Waals surface area contributed by atoms with E-state index in [-0.39, 0.29) is 10.1 Å². The average molecular weight is 242 g/mol. The van der Waals surface area contributed by atoms with Crippen LogP contribution < -0.4 is 0 Å².